The van der Waals surface area contributed by atoms with Crippen molar-refractivity contribution in [2.75, 3.05) is 0 Å². The minimum atomic E-state index is 0.656. The summed E-state index contributed by atoms with van der Waals surface area (Å²) in [6, 6.07) is 0. The van der Waals surface area contributed by atoms with Crippen LogP contribution in [-0.4, -0.2) is 5.16 Å². The Labute approximate surface area is 61.2 Å². The van der Waals surface area contributed by atoms with Gasteiger partial charge in [0, 0.05) is 5.56 Å². The summed E-state index contributed by atoms with van der Waals surface area (Å²) in [6.45, 7) is 6.37. The summed E-state index contributed by atoms with van der Waals surface area (Å²) in [6.07, 6.45) is 2.71. The summed E-state index contributed by atoms with van der Waals surface area (Å²) in [5, 5.41) is 3.88. The van der Waals surface area contributed by atoms with Gasteiger partial charge in [0.05, 0.1) is 5.69 Å². The molecular weight excluding hydrogens is 126 g/mol. The van der Waals surface area contributed by atoms with Crippen molar-refractivity contribution in [3.63, 3.8) is 0 Å². The summed E-state index contributed by atoms with van der Waals surface area (Å²) in [7, 11) is 0. The summed E-state index contributed by atoms with van der Waals surface area (Å²) in [4.78, 5) is 0. The van der Waals surface area contributed by atoms with Crippen LogP contribution >= 0.6 is 0 Å². The van der Waals surface area contributed by atoms with E-state index in [1.807, 2.05) is 6.92 Å². The maximum absolute atomic E-state index is 4.80. The van der Waals surface area contributed by atoms with Gasteiger partial charge in [-0.3, -0.25) is 0 Å². The Morgan fingerprint density at radius 2 is 2.30 bits per heavy atom. The topological polar surface area (TPSA) is 26.0 Å². The van der Waals surface area contributed by atoms with E-state index in [0.29, 0.717) is 5.92 Å². The molecule has 1 heterocycles. The maximum atomic E-state index is 4.80. The second-order valence-corrected chi connectivity index (χ2v) is 3.04. The molecular formula is C8H13NO. The van der Waals surface area contributed by atoms with Gasteiger partial charge >= 0.3 is 0 Å². The Bertz CT molecular complexity index is 203. The highest BCUT2D eigenvalue weighted by Gasteiger charge is 2.04. The fraction of sp³-hybridized carbons (Fsp3) is 0.625. The van der Waals surface area contributed by atoms with Crippen molar-refractivity contribution in [2.45, 2.75) is 27.2 Å². The molecule has 0 N–H and O–H groups in total. The second kappa shape index (κ2) is 2.86. The van der Waals surface area contributed by atoms with Crippen LogP contribution in [0.4, 0.5) is 0 Å². The van der Waals surface area contributed by atoms with E-state index in [2.05, 4.69) is 19.0 Å². The molecule has 0 aliphatic heterocycles. The Morgan fingerprint density at radius 3 is 2.70 bits per heavy atom. The lowest BCUT2D eigenvalue weighted by molar-refractivity contribution is 0.407. The zero-order chi connectivity index (χ0) is 7.56. The third-order valence-electron chi connectivity index (χ3n) is 1.45. The standard InChI is InChI=1S/C8H13NO/c1-6(2)4-8-7(3)5-10-9-8/h5-6H,4H2,1-3H3. The van der Waals surface area contributed by atoms with Crippen LogP contribution in [0.2, 0.25) is 0 Å². The van der Waals surface area contributed by atoms with Gasteiger partial charge in [0.1, 0.15) is 6.26 Å². The molecule has 0 amide bonds. The average molecular weight is 139 g/mol. The summed E-state index contributed by atoms with van der Waals surface area (Å²) < 4.78 is 4.80. The van der Waals surface area contributed by atoms with E-state index in [4.69, 9.17) is 4.52 Å². The zero-order valence-corrected chi connectivity index (χ0v) is 6.72. The van der Waals surface area contributed by atoms with E-state index in [9.17, 15) is 0 Å². The van der Waals surface area contributed by atoms with Crippen molar-refractivity contribution < 1.29 is 4.52 Å². The Kier molecular flexibility index (Phi) is 2.10. The molecule has 0 aliphatic carbocycles. The van der Waals surface area contributed by atoms with Crippen molar-refractivity contribution in [1.29, 1.82) is 0 Å². The first-order valence-electron chi connectivity index (χ1n) is 3.60. The lowest BCUT2D eigenvalue weighted by Crippen LogP contribution is -1.95. The van der Waals surface area contributed by atoms with Gasteiger partial charge in [-0.1, -0.05) is 19.0 Å². The normalized spacial score (nSPS) is 10.8. The molecule has 0 bridgehead atoms. The van der Waals surface area contributed by atoms with Crippen LogP contribution in [0.15, 0.2) is 10.8 Å². The molecule has 0 fully saturated rings. The van der Waals surface area contributed by atoms with E-state index < -0.39 is 0 Å². The molecule has 0 aromatic carbocycles. The first-order chi connectivity index (χ1) is 4.70. The third kappa shape index (κ3) is 1.59. The lowest BCUT2D eigenvalue weighted by atomic mass is 10.1. The largest absolute Gasteiger partial charge is 0.364 e. The summed E-state index contributed by atoms with van der Waals surface area (Å²) in [5.74, 6) is 0.656. The maximum Gasteiger partial charge on any atom is 0.126 e. The Hall–Kier alpha value is -0.790. The Balaban J connectivity index is 2.65. The van der Waals surface area contributed by atoms with Crippen LogP contribution in [-0.2, 0) is 6.42 Å². The quantitative estimate of drug-likeness (QED) is 0.627. The van der Waals surface area contributed by atoms with E-state index in [1.165, 1.54) is 0 Å². The van der Waals surface area contributed by atoms with Gasteiger partial charge < -0.3 is 4.52 Å². The van der Waals surface area contributed by atoms with Crippen molar-refractivity contribution in [3.8, 4) is 0 Å². The van der Waals surface area contributed by atoms with Crippen molar-refractivity contribution >= 4 is 0 Å². The number of hydrogen-bond acceptors (Lipinski definition) is 2. The molecule has 0 saturated carbocycles. The monoisotopic (exact) mass is 139 g/mol. The van der Waals surface area contributed by atoms with Gasteiger partial charge in [0.15, 0.2) is 0 Å². The first kappa shape index (κ1) is 7.32. The minimum absolute atomic E-state index is 0.656. The molecule has 10 heavy (non-hydrogen) atoms. The SMILES string of the molecule is Cc1conc1CC(C)C. The van der Waals surface area contributed by atoms with Crippen LogP contribution in [0.1, 0.15) is 25.1 Å². The average Bonchev–Trinajstić information content (AvgIpc) is 2.15. The highest BCUT2D eigenvalue weighted by Crippen LogP contribution is 2.09. The summed E-state index contributed by atoms with van der Waals surface area (Å²) >= 11 is 0. The molecule has 0 spiro atoms. The van der Waals surface area contributed by atoms with E-state index in [1.54, 1.807) is 6.26 Å². The van der Waals surface area contributed by atoms with E-state index in [-0.39, 0.29) is 0 Å². The molecule has 2 nitrogen and oxygen atoms in total. The third-order valence-corrected chi connectivity index (χ3v) is 1.45. The minimum Gasteiger partial charge on any atom is -0.364 e. The Morgan fingerprint density at radius 1 is 1.60 bits per heavy atom. The number of aromatic nitrogens is 1. The summed E-state index contributed by atoms with van der Waals surface area (Å²) in [5.41, 5.74) is 2.25. The zero-order valence-electron chi connectivity index (χ0n) is 6.72. The molecule has 56 valence electrons. The van der Waals surface area contributed by atoms with E-state index in [0.717, 1.165) is 17.7 Å². The molecule has 0 radical (unpaired) electrons. The van der Waals surface area contributed by atoms with Gasteiger partial charge in [-0.05, 0) is 19.3 Å². The molecule has 0 saturated heterocycles. The van der Waals surface area contributed by atoms with Crippen molar-refractivity contribution in [3.05, 3.63) is 17.5 Å². The molecule has 2 heteroatoms. The molecule has 1 rings (SSSR count). The first-order valence-corrected chi connectivity index (χ1v) is 3.60. The molecule has 1 aromatic rings. The lowest BCUT2D eigenvalue weighted by Gasteiger charge is -1.99. The van der Waals surface area contributed by atoms with Gasteiger partial charge in [-0.15, -0.1) is 0 Å². The molecule has 0 unspecified atom stereocenters. The van der Waals surface area contributed by atoms with Crippen LogP contribution in [0.5, 0.6) is 0 Å². The second-order valence-electron chi connectivity index (χ2n) is 3.04. The van der Waals surface area contributed by atoms with E-state index >= 15 is 0 Å². The number of aryl methyl sites for hydroxylation is 1. The van der Waals surface area contributed by atoms with Gasteiger partial charge in [-0.25, -0.2) is 0 Å². The number of rotatable bonds is 2. The fourth-order valence-corrected chi connectivity index (χ4v) is 0.894. The smallest absolute Gasteiger partial charge is 0.126 e. The van der Waals surface area contributed by atoms with Crippen molar-refractivity contribution in [2.24, 2.45) is 5.92 Å². The van der Waals surface area contributed by atoms with Gasteiger partial charge in [0.2, 0.25) is 0 Å². The van der Waals surface area contributed by atoms with Crippen LogP contribution in [0.3, 0.4) is 0 Å². The van der Waals surface area contributed by atoms with Crippen LogP contribution < -0.4 is 0 Å². The van der Waals surface area contributed by atoms with Crippen LogP contribution in [0, 0.1) is 12.8 Å². The highest BCUT2D eigenvalue weighted by atomic mass is 16.5. The predicted octanol–water partition coefficient (Wildman–Crippen LogP) is 2.18. The highest BCUT2D eigenvalue weighted by molar-refractivity contribution is 5.11. The van der Waals surface area contributed by atoms with Gasteiger partial charge in [-0.2, -0.15) is 0 Å². The number of hydrogen-bond donors (Lipinski definition) is 0. The number of nitrogens with zero attached hydrogens (tertiary/aromatic N) is 1. The van der Waals surface area contributed by atoms with Crippen LogP contribution in [0.25, 0.3) is 0 Å². The fourth-order valence-electron chi connectivity index (χ4n) is 0.894. The van der Waals surface area contributed by atoms with Gasteiger partial charge in [0.25, 0.3) is 0 Å². The predicted molar refractivity (Wildman–Crippen MR) is 39.8 cm³/mol. The molecule has 0 aliphatic rings. The molecule has 1 aromatic heterocycles. The van der Waals surface area contributed by atoms with Crippen molar-refractivity contribution in [1.82, 2.24) is 5.16 Å². The molecule has 0 atom stereocenters.